The Morgan fingerprint density at radius 1 is 1.21 bits per heavy atom. The number of aryl methyl sites for hydroxylation is 1. The van der Waals surface area contributed by atoms with Crippen molar-refractivity contribution in [3.63, 3.8) is 0 Å². The molecule has 0 fully saturated rings. The van der Waals surface area contributed by atoms with Crippen molar-refractivity contribution >= 4 is 28.5 Å². The highest BCUT2D eigenvalue weighted by molar-refractivity contribution is 6.30. The average Bonchev–Trinajstić information content (AvgIpc) is 3.34. The lowest BCUT2D eigenvalue weighted by Crippen LogP contribution is -2.24. The van der Waals surface area contributed by atoms with Crippen molar-refractivity contribution in [3.05, 3.63) is 65.3 Å². The third kappa shape index (κ3) is 3.89. The fraction of sp³-hybridized carbons (Fsp3) is 0.200. The van der Waals surface area contributed by atoms with Crippen LogP contribution < -0.4 is 5.32 Å². The normalized spacial score (nSPS) is 11.1. The molecule has 1 N–H and O–H groups in total. The second-order valence-corrected chi connectivity index (χ2v) is 6.76. The molecule has 0 saturated heterocycles. The zero-order valence-corrected chi connectivity index (χ0v) is 16.0. The number of carbonyl (C=O) groups excluding carboxylic acids is 1. The molecule has 0 radical (unpaired) electrons. The Kier molecular flexibility index (Phi) is 5.08. The molecule has 0 unspecified atom stereocenters. The maximum absolute atomic E-state index is 12.1. The fourth-order valence-electron chi connectivity index (χ4n) is 2.92. The van der Waals surface area contributed by atoms with E-state index in [0.29, 0.717) is 16.7 Å². The Balaban J connectivity index is 1.40. The molecule has 8 heteroatoms. The Morgan fingerprint density at radius 2 is 2.04 bits per heavy atom. The number of imidazole rings is 1. The Labute approximate surface area is 166 Å². The van der Waals surface area contributed by atoms with E-state index in [1.165, 1.54) is 0 Å². The number of benzene rings is 2. The first-order chi connectivity index (χ1) is 13.6. The minimum Gasteiger partial charge on any atom is -0.347 e. The smallest absolute Gasteiger partial charge is 0.246 e. The van der Waals surface area contributed by atoms with Crippen LogP contribution in [0.4, 0.5) is 0 Å². The quantitative estimate of drug-likeness (QED) is 0.539. The molecule has 2 aromatic carbocycles. The van der Waals surface area contributed by atoms with Gasteiger partial charge in [0.15, 0.2) is 0 Å². The number of hydrogen-bond donors (Lipinski definition) is 1. The molecule has 1 amide bonds. The summed E-state index contributed by atoms with van der Waals surface area (Å²) in [5, 5.41) is 7.43. The summed E-state index contributed by atoms with van der Waals surface area (Å²) in [6, 6.07) is 13.0. The van der Waals surface area contributed by atoms with Crippen molar-refractivity contribution in [2.45, 2.75) is 26.4 Å². The minimum atomic E-state index is -0.131. The van der Waals surface area contributed by atoms with Gasteiger partial charge in [0.2, 0.25) is 17.6 Å². The lowest BCUT2D eigenvalue weighted by molar-refractivity contribution is -0.120. The molecule has 4 rings (SSSR count). The van der Waals surface area contributed by atoms with Crippen LogP contribution in [0.25, 0.3) is 22.4 Å². The molecule has 2 aromatic heterocycles. The van der Waals surface area contributed by atoms with E-state index in [4.69, 9.17) is 16.1 Å². The van der Waals surface area contributed by atoms with Crippen LogP contribution in [0.1, 0.15) is 18.4 Å². The molecule has 0 atom stereocenters. The van der Waals surface area contributed by atoms with E-state index in [1.54, 1.807) is 12.1 Å². The van der Waals surface area contributed by atoms with Crippen molar-refractivity contribution in [2.75, 3.05) is 0 Å². The minimum absolute atomic E-state index is 0.131. The average molecular weight is 396 g/mol. The molecule has 4 aromatic rings. The topological polar surface area (TPSA) is 85.8 Å². The van der Waals surface area contributed by atoms with E-state index in [0.717, 1.165) is 28.7 Å². The lowest BCUT2D eigenvalue weighted by atomic mass is 10.1. The molecular weight excluding hydrogens is 378 g/mol. The van der Waals surface area contributed by atoms with Gasteiger partial charge in [-0.15, -0.1) is 0 Å². The number of rotatable bonds is 6. The summed E-state index contributed by atoms with van der Waals surface area (Å²) >= 11 is 5.85. The van der Waals surface area contributed by atoms with Crippen LogP contribution in [-0.4, -0.2) is 25.6 Å². The number of carbonyl (C=O) groups is 1. The van der Waals surface area contributed by atoms with Crippen molar-refractivity contribution in [2.24, 2.45) is 0 Å². The van der Waals surface area contributed by atoms with Crippen LogP contribution in [0, 0.1) is 0 Å². The zero-order chi connectivity index (χ0) is 19.5. The standard InChI is InChI=1S/C20H18ClN5O2/c1-2-26-12-23-16-10-14(5-8-17(16)26)20-24-19(28-25-20)11-22-18(27)9-13-3-6-15(21)7-4-13/h3-8,10,12H,2,9,11H2,1H3,(H,22,27). The number of hydrogen-bond acceptors (Lipinski definition) is 5. The third-order valence-corrected chi connectivity index (χ3v) is 4.65. The predicted octanol–water partition coefficient (Wildman–Crippen LogP) is 3.62. The molecular formula is C20H18ClN5O2. The van der Waals surface area contributed by atoms with Gasteiger partial charge in [-0.05, 0) is 42.8 Å². The fourth-order valence-corrected chi connectivity index (χ4v) is 3.05. The van der Waals surface area contributed by atoms with Gasteiger partial charge in [-0.1, -0.05) is 28.9 Å². The maximum Gasteiger partial charge on any atom is 0.246 e. The van der Waals surface area contributed by atoms with Gasteiger partial charge in [0.25, 0.3) is 0 Å². The molecule has 0 aliphatic rings. The van der Waals surface area contributed by atoms with Crippen molar-refractivity contribution in [3.8, 4) is 11.4 Å². The van der Waals surface area contributed by atoms with E-state index in [-0.39, 0.29) is 18.9 Å². The highest BCUT2D eigenvalue weighted by atomic mass is 35.5. The van der Waals surface area contributed by atoms with Crippen molar-refractivity contribution in [1.29, 1.82) is 0 Å². The molecule has 7 nitrogen and oxygen atoms in total. The lowest BCUT2D eigenvalue weighted by Gasteiger charge is -2.02. The number of fused-ring (bicyclic) bond motifs is 1. The first-order valence-electron chi connectivity index (χ1n) is 8.91. The summed E-state index contributed by atoms with van der Waals surface area (Å²) in [5.74, 6) is 0.683. The van der Waals surface area contributed by atoms with Crippen LogP contribution in [0.3, 0.4) is 0 Å². The Bertz CT molecular complexity index is 1120. The molecule has 0 spiro atoms. The second kappa shape index (κ2) is 7.82. The van der Waals surface area contributed by atoms with E-state index in [9.17, 15) is 4.79 Å². The highest BCUT2D eigenvalue weighted by Crippen LogP contribution is 2.21. The molecule has 142 valence electrons. The summed E-state index contributed by atoms with van der Waals surface area (Å²) in [6.07, 6.45) is 2.07. The van der Waals surface area contributed by atoms with Crippen LogP contribution in [0.2, 0.25) is 5.02 Å². The molecule has 28 heavy (non-hydrogen) atoms. The maximum atomic E-state index is 12.1. The number of nitrogens with one attached hydrogen (secondary N) is 1. The highest BCUT2D eigenvalue weighted by Gasteiger charge is 2.12. The van der Waals surface area contributed by atoms with Crippen molar-refractivity contribution in [1.82, 2.24) is 25.0 Å². The third-order valence-electron chi connectivity index (χ3n) is 4.40. The van der Waals surface area contributed by atoms with Crippen LogP contribution >= 0.6 is 11.6 Å². The summed E-state index contributed by atoms with van der Waals surface area (Å²) < 4.78 is 7.32. The van der Waals surface area contributed by atoms with Gasteiger partial charge >= 0.3 is 0 Å². The zero-order valence-electron chi connectivity index (χ0n) is 15.2. The number of halogens is 1. The van der Waals surface area contributed by atoms with Gasteiger partial charge in [-0.2, -0.15) is 4.98 Å². The molecule has 0 aliphatic heterocycles. The first-order valence-corrected chi connectivity index (χ1v) is 9.29. The second-order valence-electron chi connectivity index (χ2n) is 6.33. The molecule has 0 aliphatic carbocycles. The largest absolute Gasteiger partial charge is 0.347 e. The first kappa shape index (κ1) is 18.2. The van der Waals surface area contributed by atoms with Gasteiger partial charge in [-0.3, -0.25) is 4.79 Å². The monoisotopic (exact) mass is 395 g/mol. The number of nitrogens with zero attached hydrogens (tertiary/aromatic N) is 4. The molecule has 0 saturated carbocycles. The summed E-state index contributed by atoms with van der Waals surface area (Å²) in [7, 11) is 0. The van der Waals surface area contributed by atoms with Crippen LogP contribution in [0.15, 0.2) is 53.3 Å². The number of amides is 1. The van der Waals surface area contributed by atoms with Gasteiger partial charge in [0.1, 0.15) is 0 Å². The Hall–Kier alpha value is -3.19. The summed E-state index contributed by atoms with van der Waals surface area (Å²) in [5.41, 5.74) is 3.63. The van der Waals surface area contributed by atoms with Crippen LogP contribution in [-0.2, 0) is 24.3 Å². The van der Waals surface area contributed by atoms with E-state index < -0.39 is 0 Å². The molecule has 2 heterocycles. The summed E-state index contributed by atoms with van der Waals surface area (Å²) in [6.45, 7) is 3.10. The van der Waals surface area contributed by atoms with Gasteiger partial charge in [0, 0.05) is 17.1 Å². The van der Waals surface area contributed by atoms with E-state index >= 15 is 0 Å². The van der Waals surface area contributed by atoms with E-state index in [2.05, 4.69) is 31.9 Å². The van der Waals surface area contributed by atoms with Crippen molar-refractivity contribution < 1.29 is 9.32 Å². The molecule has 0 bridgehead atoms. The van der Waals surface area contributed by atoms with Crippen LogP contribution in [0.5, 0.6) is 0 Å². The number of aromatic nitrogens is 4. The van der Waals surface area contributed by atoms with Gasteiger partial charge in [-0.25, -0.2) is 4.98 Å². The van der Waals surface area contributed by atoms with Gasteiger partial charge in [0.05, 0.1) is 30.3 Å². The van der Waals surface area contributed by atoms with E-state index in [1.807, 2.05) is 36.7 Å². The Morgan fingerprint density at radius 3 is 2.82 bits per heavy atom. The predicted molar refractivity (Wildman–Crippen MR) is 106 cm³/mol. The van der Waals surface area contributed by atoms with Gasteiger partial charge < -0.3 is 14.4 Å². The SMILES string of the molecule is CCn1cnc2cc(-c3noc(CNC(=O)Cc4ccc(Cl)cc4)n3)ccc21. The summed E-state index contributed by atoms with van der Waals surface area (Å²) in [4.78, 5) is 20.8.